The zero-order chi connectivity index (χ0) is 34.1. The number of benzene rings is 6. The third kappa shape index (κ3) is 5.55. The maximum absolute atomic E-state index is 12.3. The molecule has 5 heteroatoms. The molecule has 1 aliphatic carbocycles. The lowest BCUT2D eigenvalue weighted by Crippen LogP contribution is -2.42. The van der Waals surface area contributed by atoms with E-state index in [1.165, 1.54) is 11.1 Å². The van der Waals surface area contributed by atoms with E-state index in [-0.39, 0.29) is 5.70 Å². The predicted octanol–water partition coefficient (Wildman–Crippen LogP) is 10.7. The van der Waals surface area contributed by atoms with Crippen LogP contribution >= 0.6 is 0 Å². The molecule has 1 aliphatic rings. The Balaban J connectivity index is 1.43. The van der Waals surface area contributed by atoms with Crippen molar-refractivity contribution in [2.45, 2.75) is 57.5 Å². The van der Waals surface area contributed by atoms with Gasteiger partial charge in [0.2, 0.25) is 0 Å². The van der Waals surface area contributed by atoms with Crippen molar-refractivity contribution >= 4 is 54.5 Å². The first kappa shape index (κ1) is 32.2. The lowest BCUT2D eigenvalue weighted by molar-refractivity contribution is 0.0870. The summed E-state index contributed by atoms with van der Waals surface area (Å²) in [6, 6.07) is 36.3. The molecule has 7 rings (SSSR count). The van der Waals surface area contributed by atoms with E-state index in [1.54, 1.807) is 0 Å². The molecule has 1 fully saturated rings. The van der Waals surface area contributed by atoms with Gasteiger partial charge in [-0.25, -0.2) is 10.1 Å². The van der Waals surface area contributed by atoms with Gasteiger partial charge < -0.3 is 15.3 Å². The summed E-state index contributed by atoms with van der Waals surface area (Å²) >= 11 is 0. The number of unbranched alkanes of at least 4 members (excludes halogenated alkanes) is 2. The van der Waals surface area contributed by atoms with Crippen molar-refractivity contribution in [2.75, 3.05) is 30.4 Å². The van der Waals surface area contributed by atoms with Crippen LogP contribution in [0.25, 0.3) is 47.9 Å². The van der Waals surface area contributed by atoms with Crippen molar-refractivity contribution in [1.29, 1.82) is 5.26 Å². The lowest BCUT2D eigenvalue weighted by atomic mass is 9.60. The van der Waals surface area contributed by atoms with Crippen molar-refractivity contribution < 1.29 is 5.11 Å². The average molecular weight is 643 g/mol. The topological polar surface area (TPSA) is 63.6 Å². The molecule has 1 saturated carbocycles. The Morgan fingerprint density at radius 2 is 1.24 bits per heavy atom. The third-order valence-electron chi connectivity index (χ3n) is 10.5. The summed E-state index contributed by atoms with van der Waals surface area (Å²) in [6.45, 7) is 14.5. The summed E-state index contributed by atoms with van der Waals surface area (Å²) in [4.78, 5) is 6.28. The fraction of sp³-hybridized carbons (Fsp3) is 0.273. The summed E-state index contributed by atoms with van der Waals surface area (Å²) in [5.74, 6) is -0.963. The van der Waals surface area contributed by atoms with Gasteiger partial charge in [-0.2, -0.15) is 0 Å². The van der Waals surface area contributed by atoms with E-state index < -0.39 is 17.9 Å². The third-order valence-corrected chi connectivity index (χ3v) is 10.5. The second kappa shape index (κ2) is 13.6. The van der Waals surface area contributed by atoms with Crippen molar-refractivity contribution in [3.05, 3.63) is 131 Å². The van der Waals surface area contributed by atoms with Gasteiger partial charge in [0.05, 0.1) is 18.7 Å². The molecule has 6 aromatic carbocycles. The number of allylic oxidation sites excluding steroid dienone is 1. The highest BCUT2D eigenvalue weighted by molar-refractivity contribution is 6.07. The maximum Gasteiger partial charge on any atom is 0.262 e. The number of nitrogens with one attached hydrogen (secondary N) is 1. The molecule has 0 bridgehead atoms. The minimum atomic E-state index is -0.813. The van der Waals surface area contributed by atoms with E-state index in [0.29, 0.717) is 5.57 Å². The Kier molecular flexibility index (Phi) is 8.96. The van der Waals surface area contributed by atoms with Crippen LogP contribution in [0, 0.1) is 17.9 Å². The Bertz CT molecular complexity index is 2300. The first-order chi connectivity index (χ1) is 24.0. The Labute approximate surface area is 288 Å². The van der Waals surface area contributed by atoms with Gasteiger partial charge in [0.25, 0.3) is 5.70 Å². The SMILES string of the molecule is [C-]#[N+]/C(C#N)=C1\C(c2ccc(NC)c3cc4ccccc4cc23)C(O)C1c1ccc(N(CCCC)CCCC)c2cc3ccccc3cc12. The van der Waals surface area contributed by atoms with Crippen molar-refractivity contribution in [1.82, 2.24) is 0 Å². The number of anilines is 2. The van der Waals surface area contributed by atoms with Gasteiger partial charge in [-0.05, 0) is 98.3 Å². The van der Waals surface area contributed by atoms with Crippen LogP contribution in [0.1, 0.15) is 62.5 Å². The molecule has 2 N–H and O–H groups in total. The number of hydrogen-bond donors (Lipinski definition) is 2. The number of rotatable bonds is 10. The highest BCUT2D eigenvalue weighted by Gasteiger charge is 2.49. The lowest BCUT2D eigenvalue weighted by Gasteiger charge is -2.46. The van der Waals surface area contributed by atoms with Gasteiger partial charge in [-0.15, -0.1) is 0 Å². The van der Waals surface area contributed by atoms with E-state index in [0.717, 1.165) is 93.3 Å². The van der Waals surface area contributed by atoms with Crippen LogP contribution in [0.5, 0.6) is 0 Å². The van der Waals surface area contributed by atoms with E-state index in [2.05, 4.69) is 114 Å². The molecule has 3 unspecified atom stereocenters. The second-order valence-corrected chi connectivity index (χ2v) is 13.3. The predicted molar refractivity (Wildman–Crippen MR) is 205 cm³/mol. The van der Waals surface area contributed by atoms with Crippen LogP contribution in [0.15, 0.2) is 108 Å². The molecule has 0 aromatic heterocycles. The molecule has 0 amide bonds. The van der Waals surface area contributed by atoms with Gasteiger partial charge >= 0.3 is 0 Å². The van der Waals surface area contributed by atoms with E-state index >= 15 is 0 Å². The molecule has 0 radical (unpaired) electrons. The molecule has 0 aliphatic heterocycles. The van der Waals surface area contributed by atoms with Gasteiger partial charge in [0.15, 0.2) is 0 Å². The molecule has 5 nitrogen and oxygen atoms in total. The molecule has 3 atom stereocenters. The highest BCUT2D eigenvalue weighted by Crippen LogP contribution is 2.57. The number of hydrogen-bond acceptors (Lipinski definition) is 4. The molecule has 0 saturated heterocycles. The van der Waals surface area contributed by atoms with E-state index in [9.17, 15) is 10.4 Å². The molecule has 0 spiro atoms. The Morgan fingerprint density at radius 1 is 0.755 bits per heavy atom. The van der Waals surface area contributed by atoms with E-state index in [4.69, 9.17) is 6.57 Å². The normalized spacial score (nSPS) is 18.3. The fourth-order valence-electron chi connectivity index (χ4n) is 7.97. The zero-order valence-electron chi connectivity index (χ0n) is 28.5. The van der Waals surface area contributed by atoms with Crippen LogP contribution in [0.2, 0.25) is 0 Å². The van der Waals surface area contributed by atoms with Gasteiger partial charge in [0.1, 0.15) is 0 Å². The standard InChI is InChI=1S/C44H42N4O/c1-5-7-21-48(22-8-6-2)40-20-18-33(35-24-29-14-10-12-16-31(29)26-37(35)40)42-43(39(27-45)47-4)41(44(42)49)32-17-19-38(46-3)36-25-30-15-11-9-13-28(30)23-34(32)36/h9-20,23-26,41-42,44,46,49H,5-8,21-22H2,1-3H3/b43-39+. The first-order valence-electron chi connectivity index (χ1n) is 17.6. The van der Waals surface area contributed by atoms with Crippen molar-refractivity contribution in [3.63, 3.8) is 0 Å². The van der Waals surface area contributed by atoms with Gasteiger partial charge in [0, 0.05) is 54.1 Å². The zero-order valence-corrected chi connectivity index (χ0v) is 28.5. The summed E-state index contributed by atoms with van der Waals surface area (Å²) in [5.41, 5.74) is 4.87. The first-order valence-corrected chi connectivity index (χ1v) is 17.6. The summed E-state index contributed by atoms with van der Waals surface area (Å²) < 4.78 is 0. The second-order valence-electron chi connectivity index (χ2n) is 13.3. The molecular weight excluding hydrogens is 601 g/mol. The van der Waals surface area contributed by atoms with Crippen LogP contribution in [0.3, 0.4) is 0 Å². The van der Waals surface area contributed by atoms with E-state index in [1.807, 2.05) is 25.2 Å². The number of fused-ring (bicyclic) bond motifs is 4. The number of aliphatic hydroxyl groups excluding tert-OH is 1. The smallest absolute Gasteiger partial charge is 0.262 e. The van der Waals surface area contributed by atoms with Crippen molar-refractivity contribution in [3.8, 4) is 6.07 Å². The van der Waals surface area contributed by atoms with Crippen LogP contribution in [-0.4, -0.2) is 31.3 Å². The van der Waals surface area contributed by atoms with Crippen LogP contribution in [0.4, 0.5) is 11.4 Å². The number of aliphatic hydroxyl groups is 1. The Hall–Kier alpha value is -5.36. The largest absolute Gasteiger partial charge is 0.391 e. The quantitative estimate of drug-likeness (QED) is 0.0887. The molecule has 6 aromatic rings. The van der Waals surface area contributed by atoms with Crippen molar-refractivity contribution in [2.24, 2.45) is 0 Å². The molecular formula is C44H42N4O. The fourth-order valence-corrected chi connectivity index (χ4v) is 7.97. The molecule has 49 heavy (non-hydrogen) atoms. The van der Waals surface area contributed by atoms with Gasteiger partial charge in [-0.1, -0.05) is 87.4 Å². The minimum Gasteiger partial charge on any atom is -0.391 e. The summed E-state index contributed by atoms with van der Waals surface area (Å²) in [7, 11) is 1.92. The van der Waals surface area contributed by atoms with Crippen LogP contribution < -0.4 is 10.2 Å². The van der Waals surface area contributed by atoms with Gasteiger partial charge in [-0.3, -0.25) is 0 Å². The Morgan fingerprint density at radius 3 is 1.73 bits per heavy atom. The summed E-state index contributed by atoms with van der Waals surface area (Å²) in [6.07, 6.45) is 3.66. The van der Waals surface area contributed by atoms with Crippen LogP contribution in [-0.2, 0) is 0 Å². The number of nitriles is 1. The average Bonchev–Trinajstić information content (AvgIpc) is 3.14. The minimum absolute atomic E-state index is 0.0671. The number of nitrogens with zero attached hydrogens (tertiary/aromatic N) is 3. The maximum atomic E-state index is 12.3. The summed E-state index contributed by atoms with van der Waals surface area (Å²) in [5, 5.41) is 34.8. The monoisotopic (exact) mass is 642 g/mol. The molecule has 0 heterocycles. The molecule has 244 valence electrons. The highest BCUT2D eigenvalue weighted by atomic mass is 16.3.